The number of aromatic nitrogens is 1. The second kappa shape index (κ2) is 7.56. The van der Waals surface area contributed by atoms with E-state index in [1.807, 2.05) is 39.8 Å². The van der Waals surface area contributed by atoms with Gasteiger partial charge in [-0.15, -0.1) is 0 Å². The van der Waals surface area contributed by atoms with Crippen LogP contribution >= 0.6 is 0 Å². The number of carboxylic acid groups (broad SMARTS) is 1. The second-order valence-electron chi connectivity index (χ2n) is 8.96. The molecule has 1 amide bonds. The molecule has 0 radical (unpaired) electrons. The summed E-state index contributed by atoms with van der Waals surface area (Å²) in [6, 6.07) is 16.3. The third-order valence-electron chi connectivity index (χ3n) is 7.16. The van der Waals surface area contributed by atoms with Crippen molar-refractivity contribution in [3.05, 3.63) is 65.4 Å². The molecule has 1 N–H and O–H groups in total. The number of hydrogen-bond donors (Lipinski definition) is 1. The van der Waals surface area contributed by atoms with Crippen molar-refractivity contribution in [3.8, 4) is 0 Å². The monoisotopic (exact) mass is 416 g/mol. The largest absolute Gasteiger partial charge is 0.480 e. The Morgan fingerprint density at radius 2 is 1.84 bits per heavy atom. The molecule has 5 nitrogen and oxygen atoms in total. The van der Waals surface area contributed by atoms with Gasteiger partial charge < -0.3 is 14.6 Å². The predicted octanol–water partition coefficient (Wildman–Crippen LogP) is 4.59. The van der Waals surface area contributed by atoms with Crippen LogP contribution in [0.3, 0.4) is 0 Å². The summed E-state index contributed by atoms with van der Waals surface area (Å²) in [6.07, 6.45) is 4.89. The highest BCUT2D eigenvalue weighted by molar-refractivity contribution is 6.00. The highest BCUT2D eigenvalue weighted by atomic mass is 16.4. The average Bonchev–Trinajstić information content (AvgIpc) is 3.33. The van der Waals surface area contributed by atoms with E-state index in [0.29, 0.717) is 6.42 Å². The summed E-state index contributed by atoms with van der Waals surface area (Å²) in [6.45, 7) is 2.86. The Hall–Kier alpha value is -3.08. The second-order valence-corrected chi connectivity index (χ2v) is 8.96. The molecule has 0 saturated carbocycles. The molecule has 3 aromatic rings. The van der Waals surface area contributed by atoms with E-state index in [0.717, 1.165) is 66.5 Å². The summed E-state index contributed by atoms with van der Waals surface area (Å²) in [4.78, 5) is 27.6. The number of fused-ring (bicyclic) bond motifs is 4. The maximum absolute atomic E-state index is 14.0. The Bertz CT molecular complexity index is 1180. The van der Waals surface area contributed by atoms with Crippen LogP contribution in [0.25, 0.3) is 10.9 Å². The highest BCUT2D eigenvalue weighted by Crippen LogP contribution is 2.46. The van der Waals surface area contributed by atoms with Crippen molar-refractivity contribution < 1.29 is 14.7 Å². The molecule has 1 aliphatic carbocycles. The topological polar surface area (TPSA) is 62.5 Å². The minimum atomic E-state index is -0.835. The van der Waals surface area contributed by atoms with Crippen LogP contribution in [0.4, 0.5) is 5.69 Å². The van der Waals surface area contributed by atoms with Gasteiger partial charge in [-0.2, -0.15) is 0 Å². The number of para-hydroxylation sites is 2. The molecule has 5 rings (SSSR count). The van der Waals surface area contributed by atoms with Crippen LogP contribution in [0.2, 0.25) is 0 Å². The number of carbonyl (C=O) groups excluding carboxylic acids is 1. The molecule has 0 spiro atoms. The molecule has 160 valence electrons. The molecule has 1 aliphatic heterocycles. The third-order valence-corrected chi connectivity index (χ3v) is 7.16. The molecule has 1 atom stereocenters. The van der Waals surface area contributed by atoms with Gasteiger partial charge in [-0.25, -0.2) is 0 Å². The average molecular weight is 417 g/mol. The SMILES string of the molecule is CCCC1(C(=O)N2CCc3ccccc32)CCc2c(c3ccccc3n2CC(=O)O)C1. The predicted molar refractivity (Wildman–Crippen MR) is 121 cm³/mol. The van der Waals surface area contributed by atoms with E-state index < -0.39 is 11.4 Å². The van der Waals surface area contributed by atoms with Crippen molar-refractivity contribution in [2.75, 3.05) is 11.4 Å². The molecule has 0 bridgehead atoms. The summed E-state index contributed by atoms with van der Waals surface area (Å²) < 4.78 is 1.94. The highest BCUT2D eigenvalue weighted by Gasteiger charge is 2.45. The van der Waals surface area contributed by atoms with E-state index in [1.165, 1.54) is 5.56 Å². The van der Waals surface area contributed by atoms with Crippen LogP contribution in [0.1, 0.15) is 43.0 Å². The number of amides is 1. The first-order valence-electron chi connectivity index (χ1n) is 11.2. The molecule has 5 heteroatoms. The standard InChI is InChI=1S/C26H28N2O3/c1-2-13-26(25(31)27-15-12-18-7-3-5-9-21(18)27)14-11-23-20(16-26)19-8-4-6-10-22(19)28(23)17-24(29)30/h3-10H,2,11-17H2,1H3,(H,29,30). The van der Waals surface area contributed by atoms with Gasteiger partial charge in [-0.05, 0) is 55.4 Å². The lowest BCUT2D eigenvalue weighted by Crippen LogP contribution is -2.46. The number of aliphatic carboxylic acids is 1. The van der Waals surface area contributed by atoms with Gasteiger partial charge in [0, 0.05) is 28.8 Å². The van der Waals surface area contributed by atoms with Crippen LogP contribution in [0.5, 0.6) is 0 Å². The fraction of sp³-hybridized carbons (Fsp3) is 0.385. The lowest BCUT2D eigenvalue weighted by atomic mass is 9.69. The van der Waals surface area contributed by atoms with Gasteiger partial charge in [-0.1, -0.05) is 49.7 Å². The Morgan fingerprint density at radius 3 is 2.65 bits per heavy atom. The molecule has 0 saturated heterocycles. The van der Waals surface area contributed by atoms with Crippen LogP contribution in [0.15, 0.2) is 48.5 Å². The fourth-order valence-electron chi connectivity index (χ4n) is 5.83. The van der Waals surface area contributed by atoms with Crippen molar-refractivity contribution in [3.63, 3.8) is 0 Å². The normalized spacial score (nSPS) is 20.0. The number of benzene rings is 2. The van der Waals surface area contributed by atoms with Crippen molar-refractivity contribution in [2.45, 2.75) is 52.0 Å². The number of carboxylic acids is 1. The first-order valence-corrected chi connectivity index (χ1v) is 11.2. The van der Waals surface area contributed by atoms with Gasteiger partial charge in [0.05, 0.1) is 5.41 Å². The number of carbonyl (C=O) groups is 2. The van der Waals surface area contributed by atoms with E-state index in [9.17, 15) is 14.7 Å². The lowest BCUT2D eigenvalue weighted by molar-refractivity contribution is -0.137. The summed E-state index contributed by atoms with van der Waals surface area (Å²) in [5, 5.41) is 10.6. The Balaban J connectivity index is 1.58. The molecule has 1 unspecified atom stereocenters. The number of nitrogens with zero attached hydrogens (tertiary/aromatic N) is 2. The smallest absolute Gasteiger partial charge is 0.323 e. The van der Waals surface area contributed by atoms with Crippen LogP contribution in [-0.2, 0) is 35.4 Å². The molecule has 31 heavy (non-hydrogen) atoms. The van der Waals surface area contributed by atoms with Crippen molar-refractivity contribution in [1.29, 1.82) is 0 Å². The summed E-state index contributed by atoms with van der Waals surface area (Å²) in [5.74, 6) is -0.598. The van der Waals surface area contributed by atoms with E-state index >= 15 is 0 Å². The number of anilines is 1. The molecule has 2 aliphatic rings. The van der Waals surface area contributed by atoms with Gasteiger partial charge in [-0.3, -0.25) is 9.59 Å². The van der Waals surface area contributed by atoms with Gasteiger partial charge in [0.15, 0.2) is 0 Å². The maximum atomic E-state index is 14.0. The molecule has 1 aromatic heterocycles. The maximum Gasteiger partial charge on any atom is 0.323 e. The van der Waals surface area contributed by atoms with E-state index in [-0.39, 0.29) is 12.5 Å². The minimum absolute atomic E-state index is 0.0376. The van der Waals surface area contributed by atoms with Crippen LogP contribution < -0.4 is 4.90 Å². The van der Waals surface area contributed by atoms with E-state index in [1.54, 1.807) is 0 Å². The van der Waals surface area contributed by atoms with Crippen molar-refractivity contribution in [2.24, 2.45) is 5.41 Å². The van der Waals surface area contributed by atoms with Crippen molar-refractivity contribution in [1.82, 2.24) is 4.57 Å². The van der Waals surface area contributed by atoms with E-state index in [2.05, 4.69) is 25.1 Å². The Labute approximate surface area is 182 Å². The molecular weight excluding hydrogens is 388 g/mol. The zero-order valence-corrected chi connectivity index (χ0v) is 17.9. The van der Waals surface area contributed by atoms with Gasteiger partial charge in [0.2, 0.25) is 5.91 Å². The summed E-state index contributed by atoms with van der Waals surface area (Å²) in [5.41, 5.74) is 5.08. The molecule has 2 aromatic carbocycles. The Kier molecular flexibility index (Phi) is 4.84. The van der Waals surface area contributed by atoms with E-state index in [4.69, 9.17) is 0 Å². The van der Waals surface area contributed by atoms with Gasteiger partial charge >= 0.3 is 5.97 Å². The molecule has 2 heterocycles. The number of rotatable bonds is 5. The third kappa shape index (κ3) is 3.14. The Morgan fingerprint density at radius 1 is 1.06 bits per heavy atom. The zero-order chi connectivity index (χ0) is 21.6. The molecule has 0 fully saturated rings. The van der Waals surface area contributed by atoms with Crippen LogP contribution in [-0.4, -0.2) is 28.1 Å². The first-order chi connectivity index (χ1) is 15.0. The lowest BCUT2D eigenvalue weighted by Gasteiger charge is -2.39. The zero-order valence-electron chi connectivity index (χ0n) is 17.9. The minimum Gasteiger partial charge on any atom is -0.480 e. The molecular formula is C26H28N2O3. The fourth-order valence-corrected chi connectivity index (χ4v) is 5.83. The van der Waals surface area contributed by atoms with Gasteiger partial charge in [0.25, 0.3) is 0 Å². The van der Waals surface area contributed by atoms with Crippen molar-refractivity contribution >= 4 is 28.5 Å². The first kappa shape index (κ1) is 19.9. The van der Waals surface area contributed by atoms with Gasteiger partial charge in [0.1, 0.15) is 6.54 Å². The van der Waals surface area contributed by atoms with Crippen LogP contribution in [0, 0.1) is 5.41 Å². The quantitative estimate of drug-likeness (QED) is 0.662. The summed E-state index contributed by atoms with van der Waals surface area (Å²) in [7, 11) is 0. The summed E-state index contributed by atoms with van der Waals surface area (Å²) >= 11 is 0. The number of hydrogen-bond acceptors (Lipinski definition) is 2.